The van der Waals surface area contributed by atoms with Gasteiger partial charge in [0, 0.05) is 80.6 Å². The predicted octanol–water partition coefficient (Wildman–Crippen LogP) is 8.18. The molecule has 0 aliphatic rings. The molecule has 8 aromatic carbocycles. The Morgan fingerprint density at radius 1 is 0.276 bits per heavy atom. The number of hydrogen-bond donors (Lipinski definition) is 14. The van der Waals surface area contributed by atoms with Crippen LogP contribution in [0.1, 0.15) is 0 Å². The summed E-state index contributed by atoms with van der Waals surface area (Å²) in [5.74, 6) is -8.32. The van der Waals surface area contributed by atoms with Crippen molar-refractivity contribution in [3.63, 3.8) is 0 Å². The maximum absolute atomic E-state index is 14.7. The molecule has 692 valence electrons. The van der Waals surface area contributed by atoms with Crippen molar-refractivity contribution in [2.45, 2.75) is 34.0 Å². The van der Waals surface area contributed by atoms with Gasteiger partial charge in [-0.3, -0.25) is 37.4 Å². The minimum Gasteiger partial charge on any atom is -0.508 e. The Bertz CT molecular complexity index is 7560. The lowest BCUT2D eigenvalue weighted by Gasteiger charge is -2.17. The van der Waals surface area contributed by atoms with Gasteiger partial charge in [-0.2, -0.15) is 19.9 Å². The molecule has 0 unspecified atom stereocenters. The van der Waals surface area contributed by atoms with E-state index in [9.17, 15) is 122 Å². The molecule has 8 heterocycles. The summed E-state index contributed by atoms with van der Waals surface area (Å²) in [5, 5.41) is 107. The van der Waals surface area contributed by atoms with Crippen LogP contribution in [0.3, 0.4) is 0 Å². The fraction of sp³-hybridized carbons (Fsp3) is 0.156. The van der Waals surface area contributed by atoms with Crippen LogP contribution in [0.25, 0.3) is 112 Å². The van der Waals surface area contributed by atoms with Gasteiger partial charge in [-0.15, -0.1) is 0 Å². The van der Waals surface area contributed by atoms with Crippen LogP contribution in [-0.2, 0) is 19.7 Å². The monoisotopic (exact) mass is 1880 g/mol. The van der Waals surface area contributed by atoms with Crippen LogP contribution in [0, 0.1) is 46.5 Å². The van der Waals surface area contributed by atoms with E-state index in [1.165, 1.54) is 103 Å². The number of phenolic OH excluding ortho intramolecular Hbond substituents is 2. The first kappa shape index (κ1) is 96.3. The number of aromatic nitrogens is 12. The molecular formula is C90H76F8N16O18S2. The molecule has 14 N–H and O–H groups in total. The molecule has 34 nitrogen and oxygen atoms in total. The van der Waals surface area contributed by atoms with Gasteiger partial charge in [-0.25, -0.2) is 71.9 Å². The normalized spacial score (nSPS) is 11.6. The van der Waals surface area contributed by atoms with E-state index in [1.807, 2.05) is 0 Å². The van der Waals surface area contributed by atoms with Gasteiger partial charge in [0.2, 0.25) is 23.8 Å². The predicted molar refractivity (Wildman–Crippen MR) is 478 cm³/mol. The number of rotatable bonds is 26. The number of nitrogens with one attached hydrogen (secondary N) is 4. The van der Waals surface area contributed by atoms with Gasteiger partial charge in [0.25, 0.3) is 22.2 Å². The van der Waals surface area contributed by atoms with Crippen molar-refractivity contribution in [2.75, 3.05) is 86.6 Å². The number of fused-ring (bicyclic) bond motifs is 4. The van der Waals surface area contributed by atoms with Crippen LogP contribution in [-0.4, -0.2) is 216 Å². The zero-order valence-corrected chi connectivity index (χ0v) is 71.3. The van der Waals surface area contributed by atoms with Crippen molar-refractivity contribution in [3.05, 3.63) is 306 Å². The van der Waals surface area contributed by atoms with Crippen molar-refractivity contribution in [1.82, 2.24) is 58.1 Å². The van der Waals surface area contributed by atoms with E-state index in [4.69, 9.17) is 0 Å². The van der Waals surface area contributed by atoms with E-state index < -0.39 is 188 Å². The molecule has 134 heavy (non-hydrogen) atoms. The molecule has 16 aromatic rings. The highest BCUT2D eigenvalue weighted by Crippen LogP contribution is 2.37. The van der Waals surface area contributed by atoms with E-state index in [2.05, 4.69) is 61.1 Å². The van der Waals surface area contributed by atoms with Gasteiger partial charge in [-0.05, 0) is 133 Å². The van der Waals surface area contributed by atoms with E-state index >= 15 is 0 Å². The highest BCUT2D eigenvalue weighted by molar-refractivity contribution is 7.91. The third kappa shape index (κ3) is 21.0. The molecule has 0 atom stereocenters. The Labute approximate surface area is 751 Å². The Morgan fingerprint density at radius 3 is 0.769 bits per heavy atom. The van der Waals surface area contributed by atoms with Crippen LogP contribution >= 0.6 is 0 Å². The standard InChI is InChI=1S/2C23H20F2N4O5S.2C22H18F2N4O4/c1-35(33,34)15-5-2-4-13(10-15)20-16-8-9-19(32)29(21-17(24)6-3-7-18(21)25)22(16)28-23(27-20)26-14(11-30)12-31;1-35(33,34)15-7-5-13(6-8-15)20-16-9-10-19(32)29(21-17(24)3-2-4-18(21)25)22(16)28-23(27-20)26-14(11-30)12-31;23-16-5-2-6-17(24)20(16)28-18(32)8-7-15-19(12-3-1-4-14(31)9-12)26-22(27-21(15)28)25-13(10-29)11-30;23-16-2-1-3-17(24)20(16)28-18(32)9-8-15-19(12-4-6-14(31)7-5-12)26-22(27-21(15)28)25-13(10-29)11-30/h2*2-10,14,30-31H,11-12H2,1H3,(H,26,27,28);2*1-9,13,29-31H,10-11H2,(H,25,26,27). The highest BCUT2D eigenvalue weighted by atomic mass is 32.2. The van der Waals surface area contributed by atoms with Crippen molar-refractivity contribution in [3.8, 4) is 79.3 Å². The van der Waals surface area contributed by atoms with E-state index in [1.54, 1.807) is 30.3 Å². The van der Waals surface area contributed by atoms with Crippen molar-refractivity contribution in [2.24, 2.45) is 0 Å². The molecule has 16 rings (SSSR count). The van der Waals surface area contributed by atoms with Gasteiger partial charge in [0.05, 0.1) is 110 Å². The molecule has 0 saturated carbocycles. The average Bonchev–Trinajstić information content (AvgIpc) is 0.763. The number of benzene rings is 8. The van der Waals surface area contributed by atoms with Gasteiger partial charge >= 0.3 is 0 Å². The first-order chi connectivity index (χ1) is 64.1. The number of phenols is 2. The lowest BCUT2D eigenvalue weighted by atomic mass is 10.1. The summed E-state index contributed by atoms with van der Waals surface area (Å²) >= 11 is 0. The summed E-state index contributed by atoms with van der Waals surface area (Å²) in [7, 11) is -7.03. The van der Waals surface area contributed by atoms with Crippen molar-refractivity contribution < 1.29 is 103 Å². The summed E-state index contributed by atoms with van der Waals surface area (Å²) in [5.41, 5.74) is -3.29. The number of aliphatic hydroxyl groups excluding tert-OH is 8. The largest absolute Gasteiger partial charge is 0.508 e. The Kier molecular flexibility index (Phi) is 29.8. The van der Waals surface area contributed by atoms with Gasteiger partial charge in [0.15, 0.2) is 42.3 Å². The smallest absolute Gasteiger partial charge is 0.256 e. The molecule has 44 heteroatoms. The fourth-order valence-electron chi connectivity index (χ4n) is 13.6. The average molecular weight is 1890 g/mol. The maximum Gasteiger partial charge on any atom is 0.256 e. The Hall–Kier alpha value is -15.3. The van der Waals surface area contributed by atoms with Gasteiger partial charge in [-0.1, -0.05) is 60.7 Å². The molecule has 0 aliphatic carbocycles. The lowest BCUT2D eigenvalue weighted by Crippen LogP contribution is -2.29. The summed E-state index contributed by atoms with van der Waals surface area (Å²) in [6.07, 6.45) is 2.11. The van der Waals surface area contributed by atoms with Gasteiger partial charge in [0.1, 0.15) is 80.8 Å². The maximum atomic E-state index is 14.7. The minimum absolute atomic E-state index is 0.00772. The minimum atomic E-state index is -3.57. The van der Waals surface area contributed by atoms with Crippen molar-refractivity contribution in [1.29, 1.82) is 0 Å². The summed E-state index contributed by atoms with van der Waals surface area (Å²) in [6.45, 7) is -3.67. The fourth-order valence-corrected chi connectivity index (χ4v) is 14.9. The SMILES string of the molecule is CS(=O)(=O)c1ccc(-c2nc(NC(CO)CO)nc3c2ccc(=O)n3-c2c(F)cccc2F)cc1.CS(=O)(=O)c1cccc(-c2nc(NC(CO)CO)nc3c2ccc(=O)n3-c2c(F)cccc2F)c1.O=c1ccc2c(-c3ccc(O)cc3)nc(NC(CO)CO)nc2n1-c1c(F)cccc1F.O=c1ccc2c(-c3cccc(O)c3)nc(NC(CO)CO)nc2n1-c1c(F)cccc1F. The molecular weight excluding hydrogens is 1810 g/mol. The van der Waals surface area contributed by atoms with Crippen LogP contribution in [0.5, 0.6) is 11.5 Å². The number of hydrogen-bond acceptors (Lipinski definition) is 30. The molecule has 0 radical (unpaired) electrons. The first-order valence-electron chi connectivity index (χ1n) is 39.8. The number of aromatic hydroxyl groups is 2. The second-order valence-corrected chi connectivity index (χ2v) is 33.4. The van der Waals surface area contributed by atoms with Crippen molar-refractivity contribution >= 4 is 87.6 Å². The van der Waals surface area contributed by atoms with Gasteiger partial charge < -0.3 is 72.3 Å². The molecule has 0 fully saturated rings. The molecule has 0 aliphatic heterocycles. The molecule has 0 spiro atoms. The van der Waals surface area contributed by atoms with Crippen LogP contribution in [0.2, 0.25) is 0 Å². The Balaban J connectivity index is 0.000000152. The summed E-state index contributed by atoms with van der Waals surface area (Å²) in [4.78, 5) is 85.8. The molecule has 8 aromatic heterocycles. The number of anilines is 4. The third-order valence-electron chi connectivity index (χ3n) is 20.1. The summed E-state index contributed by atoms with van der Waals surface area (Å²) in [6, 6.07) is 43.3. The third-order valence-corrected chi connectivity index (χ3v) is 22.3. The number of para-hydroxylation sites is 4. The second kappa shape index (κ2) is 41.5. The first-order valence-corrected chi connectivity index (χ1v) is 43.6. The Morgan fingerprint density at radius 2 is 0.515 bits per heavy atom. The number of pyridine rings is 4. The number of halogens is 8. The van der Waals surface area contributed by atoms with E-state index in [0.29, 0.717) is 33.3 Å². The molecule has 0 amide bonds. The molecule has 0 saturated heterocycles. The summed E-state index contributed by atoms with van der Waals surface area (Å²) < 4.78 is 168. The molecule has 0 bridgehead atoms. The van der Waals surface area contributed by atoms with Crippen LogP contribution in [0.4, 0.5) is 58.9 Å². The van der Waals surface area contributed by atoms with E-state index in [-0.39, 0.29) is 101 Å². The number of sulfone groups is 2. The second-order valence-electron chi connectivity index (χ2n) is 29.4. The zero-order valence-electron chi connectivity index (χ0n) is 69.7. The van der Waals surface area contributed by atoms with Crippen LogP contribution in [0.15, 0.2) is 247 Å². The number of nitrogens with zero attached hydrogens (tertiary/aromatic N) is 12. The lowest BCUT2D eigenvalue weighted by molar-refractivity contribution is 0.203. The highest BCUT2D eigenvalue weighted by Gasteiger charge is 2.28. The van der Waals surface area contributed by atoms with Crippen LogP contribution < -0.4 is 43.5 Å². The quantitative estimate of drug-likeness (QED) is 0.0227. The zero-order chi connectivity index (χ0) is 96.3. The van der Waals surface area contributed by atoms with E-state index in [0.717, 1.165) is 116 Å². The topological polar surface area (TPSA) is 510 Å². The number of aliphatic hydroxyl groups is 8.